The fourth-order valence-corrected chi connectivity index (χ4v) is 4.08. The summed E-state index contributed by atoms with van der Waals surface area (Å²) in [6.45, 7) is 7.51. The van der Waals surface area contributed by atoms with Crippen molar-refractivity contribution >= 4 is 9.84 Å². The zero-order valence-corrected chi connectivity index (χ0v) is 12.7. The van der Waals surface area contributed by atoms with Crippen molar-refractivity contribution in [2.45, 2.75) is 50.9 Å². The van der Waals surface area contributed by atoms with Crippen LogP contribution in [-0.2, 0) is 21.9 Å². The predicted octanol–water partition coefficient (Wildman–Crippen LogP) is 1.30. The molecule has 1 saturated heterocycles. The maximum atomic E-state index is 11.7. The monoisotopic (exact) mass is 285 g/mol. The second-order valence-corrected chi connectivity index (χ2v) is 8.63. The van der Waals surface area contributed by atoms with Gasteiger partial charge in [0.25, 0.3) is 0 Å². The van der Waals surface area contributed by atoms with Gasteiger partial charge in [0, 0.05) is 24.8 Å². The molecule has 0 saturated carbocycles. The lowest BCUT2D eigenvalue weighted by Gasteiger charge is -2.18. The van der Waals surface area contributed by atoms with E-state index in [0.717, 1.165) is 18.4 Å². The number of sulfone groups is 1. The van der Waals surface area contributed by atoms with Crippen LogP contribution in [0.4, 0.5) is 0 Å². The first-order valence-electron chi connectivity index (χ1n) is 6.75. The van der Waals surface area contributed by atoms with Crippen LogP contribution in [0.2, 0.25) is 0 Å². The number of hydrogen-bond acceptors (Lipinski definition) is 4. The molecule has 5 nitrogen and oxygen atoms in total. The molecule has 2 heterocycles. The summed E-state index contributed by atoms with van der Waals surface area (Å²) in [6.07, 6.45) is 5.44. The third kappa shape index (κ3) is 3.57. The molecule has 1 atom stereocenters. The lowest BCUT2D eigenvalue weighted by Crippen LogP contribution is -2.30. The van der Waals surface area contributed by atoms with Crippen molar-refractivity contribution in [3.05, 3.63) is 18.0 Å². The van der Waals surface area contributed by atoms with Crippen LogP contribution in [0.15, 0.2) is 12.4 Å². The minimum Gasteiger partial charge on any atom is -0.311 e. The minimum absolute atomic E-state index is 0.0208. The predicted molar refractivity (Wildman–Crippen MR) is 75.7 cm³/mol. The highest BCUT2D eigenvalue weighted by Crippen LogP contribution is 2.19. The largest absolute Gasteiger partial charge is 0.311 e. The normalized spacial score (nSPS) is 22.8. The van der Waals surface area contributed by atoms with Crippen LogP contribution in [0.25, 0.3) is 0 Å². The van der Waals surface area contributed by atoms with E-state index in [2.05, 4.69) is 31.2 Å². The Kier molecular flexibility index (Phi) is 4.01. The van der Waals surface area contributed by atoms with Gasteiger partial charge in [-0.25, -0.2) is 8.42 Å². The van der Waals surface area contributed by atoms with Gasteiger partial charge in [0.15, 0.2) is 9.84 Å². The van der Waals surface area contributed by atoms with Gasteiger partial charge in [-0.2, -0.15) is 5.10 Å². The number of hydrogen-bond donors (Lipinski definition) is 1. The first-order chi connectivity index (χ1) is 8.79. The standard InChI is InChI=1S/C13H23N3O2S/c1-13(2,3)16-10-11(8-15-16)7-14-9-12-5-4-6-19(12,17)18/h8,10,12,14H,4-7,9H2,1-3H3. The summed E-state index contributed by atoms with van der Waals surface area (Å²) in [7, 11) is -2.84. The van der Waals surface area contributed by atoms with Crippen LogP contribution in [0.3, 0.4) is 0 Å². The van der Waals surface area contributed by atoms with Gasteiger partial charge in [-0.1, -0.05) is 0 Å². The average Bonchev–Trinajstić information content (AvgIpc) is 2.85. The van der Waals surface area contributed by atoms with Crippen LogP contribution >= 0.6 is 0 Å². The van der Waals surface area contributed by atoms with E-state index in [1.54, 1.807) is 0 Å². The molecule has 1 aliphatic heterocycles. The molecule has 1 aromatic rings. The first kappa shape index (κ1) is 14.5. The van der Waals surface area contributed by atoms with Crippen molar-refractivity contribution in [2.24, 2.45) is 0 Å². The minimum atomic E-state index is -2.84. The van der Waals surface area contributed by atoms with Crippen molar-refractivity contribution in [1.82, 2.24) is 15.1 Å². The van der Waals surface area contributed by atoms with Gasteiger partial charge in [-0.15, -0.1) is 0 Å². The van der Waals surface area contributed by atoms with E-state index >= 15 is 0 Å². The van der Waals surface area contributed by atoms with Gasteiger partial charge in [0.2, 0.25) is 0 Å². The molecule has 108 valence electrons. The lowest BCUT2D eigenvalue weighted by molar-refractivity contribution is 0.355. The van der Waals surface area contributed by atoms with Gasteiger partial charge >= 0.3 is 0 Å². The van der Waals surface area contributed by atoms with E-state index in [-0.39, 0.29) is 10.8 Å². The molecule has 0 spiro atoms. The van der Waals surface area contributed by atoms with Crippen molar-refractivity contribution in [2.75, 3.05) is 12.3 Å². The Labute approximate surface area is 115 Å². The Hall–Kier alpha value is -0.880. The van der Waals surface area contributed by atoms with Crippen LogP contribution < -0.4 is 5.32 Å². The molecule has 2 rings (SSSR count). The number of aromatic nitrogens is 2. The zero-order valence-electron chi connectivity index (χ0n) is 11.9. The number of rotatable bonds is 4. The van der Waals surface area contributed by atoms with Crippen LogP contribution in [0.1, 0.15) is 39.2 Å². The molecule has 0 amide bonds. The third-order valence-electron chi connectivity index (χ3n) is 3.49. The van der Waals surface area contributed by atoms with Crippen LogP contribution in [0.5, 0.6) is 0 Å². The number of nitrogens with one attached hydrogen (secondary N) is 1. The second-order valence-electron chi connectivity index (χ2n) is 6.23. The summed E-state index contributed by atoms with van der Waals surface area (Å²) in [5.41, 5.74) is 1.07. The van der Waals surface area contributed by atoms with Crippen molar-refractivity contribution in [3.63, 3.8) is 0 Å². The molecular formula is C13H23N3O2S. The van der Waals surface area contributed by atoms with E-state index < -0.39 is 9.84 Å². The smallest absolute Gasteiger partial charge is 0.154 e. The molecule has 1 unspecified atom stereocenters. The molecule has 1 aliphatic rings. The SMILES string of the molecule is CC(C)(C)n1cc(CNCC2CCCS2(=O)=O)cn1. The Morgan fingerprint density at radius 3 is 2.74 bits per heavy atom. The maximum Gasteiger partial charge on any atom is 0.154 e. The van der Waals surface area contributed by atoms with Crippen molar-refractivity contribution in [3.8, 4) is 0 Å². The summed E-state index contributed by atoms with van der Waals surface area (Å²) in [6, 6.07) is 0. The van der Waals surface area contributed by atoms with E-state index in [9.17, 15) is 8.42 Å². The van der Waals surface area contributed by atoms with Crippen LogP contribution in [-0.4, -0.2) is 35.7 Å². The summed E-state index contributed by atoms with van der Waals surface area (Å²) < 4.78 is 25.3. The third-order valence-corrected chi connectivity index (χ3v) is 5.76. The topological polar surface area (TPSA) is 64.0 Å². The average molecular weight is 285 g/mol. The molecule has 0 radical (unpaired) electrons. The fourth-order valence-electron chi connectivity index (χ4n) is 2.28. The molecule has 1 aromatic heterocycles. The fraction of sp³-hybridized carbons (Fsp3) is 0.769. The molecule has 6 heteroatoms. The molecule has 19 heavy (non-hydrogen) atoms. The van der Waals surface area contributed by atoms with Gasteiger partial charge in [0.1, 0.15) is 0 Å². The van der Waals surface area contributed by atoms with E-state index in [1.807, 2.05) is 17.1 Å². The highest BCUT2D eigenvalue weighted by molar-refractivity contribution is 7.92. The lowest BCUT2D eigenvalue weighted by atomic mass is 10.1. The quantitative estimate of drug-likeness (QED) is 0.906. The van der Waals surface area contributed by atoms with Gasteiger partial charge in [-0.05, 0) is 33.6 Å². The van der Waals surface area contributed by atoms with Crippen molar-refractivity contribution in [1.29, 1.82) is 0 Å². The molecular weight excluding hydrogens is 262 g/mol. The van der Waals surface area contributed by atoms with Crippen molar-refractivity contribution < 1.29 is 8.42 Å². The van der Waals surface area contributed by atoms with Crippen LogP contribution in [0, 0.1) is 0 Å². The van der Waals surface area contributed by atoms with Gasteiger partial charge in [-0.3, -0.25) is 4.68 Å². The second kappa shape index (κ2) is 5.25. The Bertz CT molecular complexity index is 528. The Morgan fingerprint density at radius 1 is 1.47 bits per heavy atom. The summed E-state index contributed by atoms with van der Waals surface area (Å²) in [4.78, 5) is 0. The van der Waals surface area contributed by atoms with E-state index in [4.69, 9.17) is 0 Å². The molecule has 1 N–H and O–H groups in total. The maximum absolute atomic E-state index is 11.7. The van der Waals surface area contributed by atoms with Gasteiger partial charge in [0.05, 0.1) is 22.7 Å². The number of nitrogens with zero attached hydrogens (tertiary/aromatic N) is 2. The Morgan fingerprint density at radius 2 is 2.21 bits per heavy atom. The van der Waals surface area contributed by atoms with E-state index in [0.29, 0.717) is 18.8 Å². The first-order valence-corrected chi connectivity index (χ1v) is 8.47. The highest BCUT2D eigenvalue weighted by atomic mass is 32.2. The Balaban J connectivity index is 1.85. The summed E-state index contributed by atoms with van der Waals surface area (Å²) >= 11 is 0. The molecule has 0 aromatic carbocycles. The molecule has 0 bridgehead atoms. The highest BCUT2D eigenvalue weighted by Gasteiger charge is 2.30. The summed E-state index contributed by atoms with van der Waals surface area (Å²) in [5.74, 6) is 0.349. The zero-order chi connectivity index (χ0) is 14.1. The molecule has 1 fully saturated rings. The molecule has 0 aliphatic carbocycles. The van der Waals surface area contributed by atoms with Gasteiger partial charge < -0.3 is 5.32 Å². The van der Waals surface area contributed by atoms with E-state index in [1.165, 1.54) is 0 Å². The summed E-state index contributed by atoms with van der Waals surface area (Å²) in [5, 5.41) is 7.35.